The van der Waals surface area contributed by atoms with E-state index in [9.17, 15) is 31.3 Å². The Hall–Kier alpha value is -1.43. The van der Waals surface area contributed by atoms with Crippen LogP contribution in [0.1, 0.15) is 0 Å². The van der Waals surface area contributed by atoms with Crippen LogP contribution in [0.5, 0.6) is 5.75 Å². The van der Waals surface area contributed by atoms with Crippen molar-refractivity contribution in [1.29, 1.82) is 0 Å². The van der Waals surface area contributed by atoms with Gasteiger partial charge in [-0.2, -0.15) is 8.78 Å². The summed E-state index contributed by atoms with van der Waals surface area (Å²) in [5.41, 5.74) is -1.56. The lowest BCUT2D eigenvalue weighted by Crippen LogP contribution is -2.11. The minimum Gasteiger partial charge on any atom is -0.415 e. The highest BCUT2D eigenvalue weighted by Crippen LogP contribution is 2.40. The van der Waals surface area contributed by atoms with Gasteiger partial charge in [0.05, 0.1) is 0 Å². The van der Waals surface area contributed by atoms with Crippen molar-refractivity contribution in [3.8, 4) is 5.75 Å². The Bertz CT molecular complexity index is 537. The fourth-order valence-corrected chi connectivity index (χ4v) is 1.18. The van der Waals surface area contributed by atoms with Crippen molar-refractivity contribution in [1.82, 2.24) is 0 Å². The van der Waals surface area contributed by atoms with E-state index in [2.05, 4.69) is 4.74 Å². The third kappa shape index (κ3) is 2.53. The van der Waals surface area contributed by atoms with Crippen LogP contribution in [0.3, 0.4) is 0 Å². The van der Waals surface area contributed by atoms with E-state index in [-0.39, 0.29) is 0 Å². The summed E-state index contributed by atoms with van der Waals surface area (Å²) in [4.78, 5) is 11.1. The van der Waals surface area contributed by atoms with E-state index in [0.717, 1.165) is 13.3 Å². The summed E-state index contributed by atoms with van der Waals surface area (Å²) in [6, 6.07) is 0. The van der Waals surface area contributed by atoms with Crippen molar-refractivity contribution in [2.45, 2.75) is 0 Å². The van der Waals surface area contributed by atoms with Gasteiger partial charge in [0, 0.05) is 0 Å². The lowest BCUT2D eigenvalue weighted by molar-refractivity contribution is 0.217. The largest absolute Gasteiger partial charge is 0.415 e. The minimum absolute atomic E-state index is 0.918. The standard InChI is InChI=1S/C9H6F5O3P/c1-18(2,16)9(15)17-8-6(13)4(11)3(10)5(12)7(8)14/h1-2H3. The van der Waals surface area contributed by atoms with Crippen molar-refractivity contribution >= 4 is 12.9 Å². The highest BCUT2D eigenvalue weighted by molar-refractivity contribution is 7.78. The van der Waals surface area contributed by atoms with Crippen LogP contribution < -0.4 is 4.74 Å². The van der Waals surface area contributed by atoms with Gasteiger partial charge in [-0.1, -0.05) is 0 Å². The molecule has 0 aliphatic carbocycles. The van der Waals surface area contributed by atoms with Crippen molar-refractivity contribution < 1.29 is 36.0 Å². The number of carbonyl (C=O) groups excluding carboxylic acids is 1. The summed E-state index contributed by atoms with van der Waals surface area (Å²) in [6.07, 6.45) is 0. The molecule has 0 aromatic heterocycles. The predicted octanol–water partition coefficient (Wildman–Crippen LogP) is 3.50. The zero-order chi connectivity index (χ0) is 14.2. The molecule has 0 saturated carbocycles. The highest BCUT2D eigenvalue weighted by atomic mass is 31.2. The average Bonchev–Trinajstić information content (AvgIpc) is 2.28. The molecule has 0 saturated heterocycles. The fourth-order valence-electron chi connectivity index (χ4n) is 0.872. The van der Waals surface area contributed by atoms with Crippen molar-refractivity contribution in [3.63, 3.8) is 0 Å². The number of hydrogen-bond donors (Lipinski definition) is 0. The van der Waals surface area contributed by atoms with Gasteiger partial charge in [0.1, 0.15) is 0 Å². The molecule has 0 unspecified atom stereocenters. The normalized spacial score (nSPS) is 11.5. The van der Waals surface area contributed by atoms with Crippen LogP contribution in [0.2, 0.25) is 0 Å². The van der Waals surface area contributed by atoms with Gasteiger partial charge in [0.15, 0.2) is 7.14 Å². The topological polar surface area (TPSA) is 43.4 Å². The minimum atomic E-state index is -3.54. The van der Waals surface area contributed by atoms with Gasteiger partial charge in [-0.25, -0.2) is 18.0 Å². The Balaban J connectivity index is 3.35. The van der Waals surface area contributed by atoms with E-state index in [1.807, 2.05) is 0 Å². The fraction of sp³-hybridized carbons (Fsp3) is 0.222. The first-order chi connectivity index (χ1) is 8.07. The van der Waals surface area contributed by atoms with Gasteiger partial charge in [-0.15, -0.1) is 0 Å². The van der Waals surface area contributed by atoms with E-state index in [1.165, 1.54) is 0 Å². The molecular formula is C9H6F5O3P. The molecule has 0 heterocycles. The van der Waals surface area contributed by atoms with Crippen LogP contribution >= 0.6 is 7.14 Å². The number of rotatable bonds is 2. The van der Waals surface area contributed by atoms with E-state index in [1.54, 1.807) is 0 Å². The Morgan fingerprint density at radius 2 is 1.22 bits per heavy atom. The van der Waals surface area contributed by atoms with Gasteiger partial charge in [0.2, 0.25) is 34.8 Å². The monoisotopic (exact) mass is 288 g/mol. The van der Waals surface area contributed by atoms with Crippen molar-refractivity contribution in [2.75, 3.05) is 13.3 Å². The molecule has 3 nitrogen and oxygen atoms in total. The Morgan fingerprint density at radius 1 is 0.889 bits per heavy atom. The van der Waals surface area contributed by atoms with Crippen molar-refractivity contribution in [3.05, 3.63) is 29.1 Å². The average molecular weight is 288 g/mol. The molecular weight excluding hydrogens is 282 g/mol. The smallest absolute Gasteiger partial charge is 0.369 e. The zero-order valence-electron chi connectivity index (χ0n) is 9.06. The molecule has 0 bridgehead atoms. The number of ether oxygens (including phenoxy) is 1. The van der Waals surface area contributed by atoms with Crippen LogP contribution in [0, 0.1) is 29.1 Å². The van der Waals surface area contributed by atoms with Crippen LogP contribution in [-0.2, 0) is 4.57 Å². The summed E-state index contributed by atoms with van der Waals surface area (Å²) in [5, 5.41) is 0. The summed E-state index contributed by atoms with van der Waals surface area (Å²) in [7, 11) is -3.54. The lowest BCUT2D eigenvalue weighted by Gasteiger charge is -2.10. The maximum atomic E-state index is 13.1. The van der Waals surface area contributed by atoms with Gasteiger partial charge >= 0.3 is 5.71 Å². The first-order valence-electron chi connectivity index (χ1n) is 4.36. The molecule has 0 aliphatic heterocycles. The van der Waals surface area contributed by atoms with Gasteiger partial charge in [-0.05, 0) is 13.3 Å². The molecule has 100 valence electrons. The third-order valence-corrected chi connectivity index (χ3v) is 2.77. The van der Waals surface area contributed by atoms with Crippen LogP contribution in [0.25, 0.3) is 0 Å². The van der Waals surface area contributed by atoms with E-state index < -0.39 is 47.7 Å². The van der Waals surface area contributed by atoms with Gasteiger partial charge < -0.3 is 9.30 Å². The Morgan fingerprint density at radius 3 is 1.56 bits per heavy atom. The second-order valence-electron chi connectivity index (χ2n) is 3.62. The first kappa shape index (κ1) is 14.6. The number of carbonyl (C=O) groups is 1. The molecule has 1 rings (SSSR count). The summed E-state index contributed by atoms with van der Waals surface area (Å²) in [5.74, 6) is -13.2. The van der Waals surface area contributed by atoms with Gasteiger partial charge in [-0.3, -0.25) is 0 Å². The SMILES string of the molecule is CP(C)(=O)C(=O)Oc1c(F)c(F)c(F)c(F)c1F. The summed E-state index contributed by atoms with van der Waals surface area (Å²) < 4.78 is 79.4. The van der Waals surface area contributed by atoms with E-state index >= 15 is 0 Å². The zero-order valence-corrected chi connectivity index (χ0v) is 9.96. The first-order valence-corrected chi connectivity index (χ1v) is 6.96. The van der Waals surface area contributed by atoms with E-state index in [0.29, 0.717) is 0 Å². The predicted molar refractivity (Wildman–Crippen MR) is 51.7 cm³/mol. The molecule has 0 fully saturated rings. The Kier molecular flexibility index (Phi) is 3.81. The molecule has 0 spiro atoms. The second-order valence-corrected chi connectivity index (χ2v) is 6.68. The molecule has 0 atom stereocenters. The summed E-state index contributed by atoms with van der Waals surface area (Å²) in [6.45, 7) is 1.84. The molecule has 1 aromatic carbocycles. The molecule has 9 heteroatoms. The molecule has 0 radical (unpaired) electrons. The third-order valence-electron chi connectivity index (χ3n) is 1.80. The number of halogens is 5. The molecule has 1 aromatic rings. The maximum absolute atomic E-state index is 13.1. The van der Waals surface area contributed by atoms with Gasteiger partial charge in [0.25, 0.3) is 0 Å². The van der Waals surface area contributed by atoms with Crippen LogP contribution in [0.15, 0.2) is 0 Å². The van der Waals surface area contributed by atoms with E-state index in [4.69, 9.17) is 0 Å². The van der Waals surface area contributed by atoms with Crippen LogP contribution in [0.4, 0.5) is 26.7 Å². The molecule has 18 heavy (non-hydrogen) atoms. The van der Waals surface area contributed by atoms with Crippen molar-refractivity contribution in [2.24, 2.45) is 0 Å². The van der Waals surface area contributed by atoms with Crippen LogP contribution in [-0.4, -0.2) is 19.0 Å². The Labute approximate surface area is 97.9 Å². The molecule has 0 aliphatic rings. The molecule has 0 N–H and O–H groups in total. The second kappa shape index (κ2) is 4.68. The molecule has 0 amide bonds. The highest BCUT2D eigenvalue weighted by Gasteiger charge is 2.31. The number of hydrogen-bond acceptors (Lipinski definition) is 3. The quantitative estimate of drug-likeness (QED) is 0.362. The lowest BCUT2D eigenvalue weighted by atomic mass is 10.3. The summed E-state index contributed by atoms with van der Waals surface area (Å²) >= 11 is 0. The maximum Gasteiger partial charge on any atom is 0.369 e. The number of benzene rings is 1.